The lowest BCUT2D eigenvalue weighted by atomic mass is 10.1. The first-order chi connectivity index (χ1) is 7.17. The van der Waals surface area contributed by atoms with Gasteiger partial charge < -0.3 is 10.6 Å². The first-order valence-electron chi connectivity index (χ1n) is 5.33. The van der Waals surface area contributed by atoms with Gasteiger partial charge in [0, 0.05) is 19.0 Å². The zero-order valence-corrected chi connectivity index (χ0v) is 9.04. The Hall–Kier alpha value is -1.09. The van der Waals surface area contributed by atoms with E-state index in [1.54, 1.807) is 6.07 Å². The minimum absolute atomic E-state index is 0.159. The van der Waals surface area contributed by atoms with Gasteiger partial charge in [-0.05, 0) is 31.5 Å². The number of rotatable bonds is 4. The lowest BCUT2D eigenvalue weighted by molar-refractivity contribution is 0.517. The van der Waals surface area contributed by atoms with Crippen LogP contribution in [0.4, 0.5) is 10.1 Å². The maximum atomic E-state index is 13.5. The second-order valence-electron chi connectivity index (χ2n) is 4.51. The van der Waals surface area contributed by atoms with Crippen molar-refractivity contribution >= 4 is 5.69 Å². The lowest BCUT2D eigenvalue weighted by Crippen LogP contribution is -2.31. The number of nitrogens with two attached hydrogens (primary N) is 1. The molecule has 1 aromatic carbocycles. The van der Waals surface area contributed by atoms with Gasteiger partial charge in [0.15, 0.2) is 0 Å². The van der Waals surface area contributed by atoms with Crippen LogP contribution >= 0.6 is 0 Å². The van der Waals surface area contributed by atoms with E-state index in [-0.39, 0.29) is 11.2 Å². The number of anilines is 1. The fraction of sp³-hybridized carbons (Fsp3) is 0.500. The smallest absolute Gasteiger partial charge is 0.146 e. The fourth-order valence-corrected chi connectivity index (χ4v) is 1.95. The molecular formula is C12H17FN2. The number of hydrogen-bond donors (Lipinski definition) is 1. The van der Waals surface area contributed by atoms with Crippen molar-refractivity contribution in [2.75, 3.05) is 25.0 Å². The number of para-hydroxylation sites is 1. The molecule has 0 spiro atoms. The van der Waals surface area contributed by atoms with E-state index in [0.29, 0.717) is 12.2 Å². The first kappa shape index (κ1) is 10.4. The summed E-state index contributed by atoms with van der Waals surface area (Å²) in [6.07, 6.45) is 2.34. The van der Waals surface area contributed by atoms with Crippen molar-refractivity contribution in [3.05, 3.63) is 30.1 Å². The first-order valence-corrected chi connectivity index (χ1v) is 5.33. The molecule has 0 aromatic heterocycles. The van der Waals surface area contributed by atoms with Gasteiger partial charge in [0.25, 0.3) is 0 Å². The van der Waals surface area contributed by atoms with Crippen LogP contribution in [0.3, 0.4) is 0 Å². The van der Waals surface area contributed by atoms with Crippen LogP contribution in [0.5, 0.6) is 0 Å². The highest BCUT2D eigenvalue weighted by molar-refractivity contribution is 5.47. The van der Waals surface area contributed by atoms with Crippen molar-refractivity contribution in [1.29, 1.82) is 0 Å². The summed E-state index contributed by atoms with van der Waals surface area (Å²) in [6.45, 7) is 1.55. The summed E-state index contributed by atoms with van der Waals surface area (Å²) in [5, 5.41) is 0. The van der Waals surface area contributed by atoms with E-state index >= 15 is 0 Å². The highest BCUT2D eigenvalue weighted by Crippen LogP contribution is 2.45. The van der Waals surface area contributed by atoms with Crippen molar-refractivity contribution in [3.63, 3.8) is 0 Å². The van der Waals surface area contributed by atoms with E-state index in [1.807, 2.05) is 24.1 Å². The summed E-state index contributed by atoms with van der Waals surface area (Å²) < 4.78 is 13.5. The fourth-order valence-electron chi connectivity index (χ4n) is 1.95. The molecule has 2 rings (SSSR count). The molecule has 3 heteroatoms. The van der Waals surface area contributed by atoms with Gasteiger partial charge in [0.05, 0.1) is 5.69 Å². The van der Waals surface area contributed by atoms with Crippen LogP contribution in [-0.2, 0) is 0 Å². The Balaban J connectivity index is 2.08. The SMILES string of the molecule is CN(CC1(CN)CC1)c1ccccc1F. The van der Waals surface area contributed by atoms with E-state index in [2.05, 4.69) is 0 Å². The monoisotopic (exact) mass is 208 g/mol. The third-order valence-electron chi connectivity index (χ3n) is 3.23. The summed E-state index contributed by atoms with van der Waals surface area (Å²) in [5.74, 6) is -0.159. The lowest BCUT2D eigenvalue weighted by Gasteiger charge is -2.24. The second-order valence-corrected chi connectivity index (χ2v) is 4.51. The van der Waals surface area contributed by atoms with Crippen molar-refractivity contribution in [2.24, 2.45) is 11.1 Å². The highest BCUT2D eigenvalue weighted by atomic mass is 19.1. The Kier molecular flexibility index (Phi) is 2.65. The summed E-state index contributed by atoms with van der Waals surface area (Å²) in [4.78, 5) is 1.97. The zero-order valence-electron chi connectivity index (χ0n) is 9.04. The second kappa shape index (κ2) is 3.81. The van der Waals surface area contributed by atoms with Gasteiger partial charge in [-0.1, -0.05) is 12.1 Å². The van der Waals surface area contributed by atoms with Crippen LogP contribution in [0.1, 0.15) is 12.8 Å². The van der Waals surface area contributed by atoms with E-state index in [9.17, 15) is 4.39 Å². The Morgan fingerprint density at radius 2 is 2.07 bits per heavy atom. The van der Waals surface area contributed by atoms with Crippen molar-refractivity contribution in [2.45, 2.75) is 12.8 Å². The molecule has 1 saturated carbocycles. The highest BCUT2D eigenvalue weighted by Gasteiger charge is 2.42. The molecule has 0 aliphatic heterocycles. The Morgan fingerprint density at radius 3 is 2.60 bits per heavy atom. The van der Waals surface area contributed by atoms with Gasteiger partial charge in [-0.15, -0.1) is 0 Å². The van der Waals surface area contributed by atoms with E-state index in [1.165, 1.54) is 18.9 Å². The van der Waals surface area contributed by atoms with Crippen molar-refractivity contribution in [1.82, 2.24) is 0 Å². The predicted molar refractivity (Wildman–Crippen MR) is 60.4 cm³/mol. The molecule has 0 atom stereocenters. The molecule has 0 bridgehead atoms. The maximum Gasteiger partial charge on any atom is 0.146 e. The topological polar surface area (TPSA) is 29.3 Å². The molecule has 0 unspecified atom stereocenters. The summed E-state index contributed by atoms with van der Waals surface area (Å²) in [7, 11) is 1.92. The van der Waals surface area contributed by atoms with Crippen LogP contribution in [-0.4, -0.2) is 20.1 Å². The van der Waals surface area contributed by atoms with Gasteiger partial charge in [-0.25, -0.2) is 4.39 Å². The van der Waals surface area contributed by atoms with Crippen molar-refractivity contribution < 1.29 is 4.39 Å². The van der Waals surface area contributed by atoms with Gasteiger partial charge in [0.2, 0.25) is 0 Å². The molecule has 0 saturated heterocycles. The molecule has 1 aliphatic rings. The molecule has 0 radical (unpaired) electrons. The Bertz CT molecular complexity index is 347. The van der Waals surface area contributed by atoms with Crippen LogP contribution in [0.2, 0.25) is 0 Å². The zero-order chi connectivity index (χ0) is 10.9. The molecule has 0 heterocycles. The summed E-state index contributed by atoms with van der Waals surface area (Å²) in [6, 6.07) is 6.87. The molecule has 0 amide bonds. The predicted octanol–water partition coefficient (Wildman–Crippen LogP) is 2.00. The number of benzene rings is 1. The molecule has 1 fully saturated rings. The van der Waals surface area contributed by atoms with Crippen molar-refractivity contribution in [3.8, 4) is 0 Å². The molecule has 1 aliphatic carbocycles. The summed E-state index contributed by atoms with van der Waals surface area (Å²) >= 11 is 0. The Morgan fingerprint density at radius 1 is 1.40 bits per heavy atom. The average Bonchev–Trinajstić information content (AvgIpc) is 2.99. The van der Waals surface area contributed by atoms with Crippen LogP contribution in [0.25, 0.3) is 0 Å². The maximum absolute atomic E-state index is 13.5. The molecular weight excluding hydrogens is 191 g/mol. The molecule has 2 N–H and O–H groups in total. The molecule has 82 valence electrons. The van der Waals surface area contributed by atoms with E-state index in [4.69, 9.17) is 5.73 Å². The van der Waals surface area contributed by atoms with Gasteiger partial charge in [0.1, 0.15) is 5.82 Å². The number of halogens is 1. The largest absolute Gasteiger partial charge is 0.372 e. The number of nitrogens with zero attached hydrogens (tertiary/aromatic N) is 1. The third-order valence-corrected chi connectivity index (χ3v) is 3.23. The normalized spacial score (nSPS) is 17.5. The van der Waals surface area contributed by atoms with Gasteiger partial charge in [-0.2, -0.15) is 0 Å². The summed E-state index contributed by atoms with van der Waals surface area (Å²) in [5.41, 5.74) is 6.62. The van der Waals surface area contributed by atoms with Crippen LogP contribution < -0.4 is 10.6 Å². The van der Waals surface area contributed by atoms with Gasteiger partial charge in [-0.3, -0.25) is 0 Å². The van der Waals surface area contributed by atoms with Crippen LogP contribution in [0, 0.1) is 11.2 Å². The standard InChI is InChI=1S/C12H17FN2/c1-15(9-12(8-14)6-7-12)11-5-3-2-4-10(11)13/h2-5H,6-9,14H2,1H3. The van der Waals surface area contributed by atoms with E-state index in [0.717, 1.165) is 6.54 Å². The molecule has 2 nitrogen and oxygen atoms in total. The number of hydrogen-bond acceptors (Lipinski definition) is 2. The average molecular weight is 208 g/mol. The van der Waals surface area contributed by atoms with Gasteiger partial charge >= 0.3 is 0 Å². The molecule has 1 aromatic rings. The molecule has 15 heavy (non-hydrogen) atoms. The third kappa shape index (κ3) is 2.12. The van der Waals surface area contributed by atoms with E-state index < -0.39 is 0 Å². The minimum atomic E-state index is -0.159. The van der Waals surface area contributed by atoms with Crippen LogP contribution in [0.15, 0.2) is 24.3 Å². The minimum Gasteiger partial charge on any atom is -0.372 e. The Labute approximate surface area is 89.9 Å². The quantitative estimate of drug-likeness (QED) is 0.820.